The van der Waals surface area contributed by atoms with E-state index < -0.39 is 24.2 Å². The van der Waals surface area contributed by atoms with Gasteiger partial charge in [0.05, 0.1) is 6.61 Å². The van der Waals surface area contributed by atoms with Gasteiger partial charge >= 0.3 is 5.97 Å². The number of carbonyl (C=O) groups excluding carboxylic acids is 1. The first-order valence-corrected chi connectivity index (χ1v) is 6.00. The Bertz CT molecular complexity index is 479. The predicted molar refractivity (Wildman–Crippen MR) is 66.1 cm³/mol. The van der Waals surface area contributed by atoms with E-state index in [2.05, 4.69) is 5.32 Å². The molecule has 0 heterocycles. The first-order chi connectivity index (χ1) is 9.50. The Kier molecular flexibility index (Phi) is 6.58. The number of nitrogens with one attached hydrogen (secondary N) is 1. The van der Waals surface area contributed by atoms with Crippen LogP contribution in [0.15, 0.2) is 18.2 Å². The lowest BCUT2D eigenvalue weighted by Gasteiger charge is -2.06. The zero-order chi connectivity index (χ0) is 15.0. The van der Waals surface area contributed by atoms with Gasteiger partial charge in [0.15, 0.2) is 11.6 Å². The van der Waals surface area contributed by atoms with Crippen molar-refractivity contribution in [2.24, 2.45) is 0 Å². The maximum atomic E-state index is 13.3. The number of amides is 1. The van der Waals surface area contributed by atoms with Gasteiger partial charge in [0.2, 0.25) is 5.91 Å². The smallest absolute Gasteiger partial charge is 0.329 e. The fourth-order valence-corrected chi connectivity index (χ4v) is 1.50. The quantitative estimate of drug-likeness (QED) is 0.702. The summed E-state index contributed by atoms with van der Waals surface area (Å²) in [6.45, 7) is -0.186. The summed E-state index contributed by atoms with van der Waals surface area (Å²) in [5.41, 5.74) is 0.141. The molecule has 1 rings (SSSR count). The molecule has 1 aromatic carbocycles. The standard InChI is InChI=1S/C13H15F2NO4/c14-10-3-1-2-9(13(10)15)4-5-11(17)16-6-7-20-8-12(18)19/h1-3H,4-8H2,(H,16,17)(H,18,19). The van der Waals surface area contributed by atoms with Crippen LogP contribution >= 0.6 is 0 Å². The van der Waals surface area contributed by atoms with Crippen LogP contribution in [0.2, 0.25) is 0 Å². The Labute approximate surface area is 114 Å². The van der Waals surface area contributed by atoms with Crippen LogP contribution in [0.3, 0.4) is 0 Å². The van der Waals surface area contributed by atoms with E-state index in [-0.39, 0.29) is 37.5 Å². The van der Waals surface area contributed by atoms with Crippen molar-refractivity contribution < 1.29 is 28.2 Å². The van der Waals surface area contributed by atoms with Crippen molar-refractivity contribution in [3.63, 3.8) is 0 Å². The zero-order valence-electron chi connectivity index (χ0n) is 10.7. The molecule has 20 heavy (non-hydrogen) atoms. The molecule has 2 N–H and O–H groups in total. The van der Waals surface area contributed by atoms with Crippen molar-refractivity contribution in [1.29, 1.82) is 0 Å². The number of carbonyl (C=O) groups is 2. The van der Waals surface area contributed by atoms with Crippen molar-refractivity contribution in [3.05, 3.63) is 35.4 Å². The van der Waals surface area contributed by atoms with Crippen molar-refractivity contribution in [1.82, 2.24) is 5.32 Å². The highest BCUT2D eigenvalue weighted by Gasteiger charge is 2.09. The Morgan fingerprint density at radius 2 is 2.05 bits per heavy atom. The molecule has 1 amide bonds. The fourth-order valence-electron chi connectivity index (χ4n) is 1.50. The molecule has 0 aliphatic heterocycles. The topological polar surface area (TPSA) is 75.6 Å². The molecule has 0 aliphatic carbocycles. The maximum absolute atomic E-state index is 13.3. The third-order valence-corrected chi connectivity index (χ3v) is 2.45. The van der Waals surface area contributed by atoms with Crippen LogP contribution in [0.1, 0.15) is 12.0 Å². The van der Waals surface area contributed by atoms with Crippen molar-refractivity contribution >= 4 is 11.9 Å². The number of ether oxygens (including phenoxy) is 1. The Morgan fingerprint density at radius 1 is 1.30 bits per heavy atom. The van der Waals surface area contributed by atoms with Gasteiger partial charge in [-0.05, 0) is 18.1 Å². The van der Waals surface area contributed by atoms with Crippen molar-refractivity contribution in [2.75, 3.05) is 19.8 Å². The van der Waals surface area contributed by atoms with E-state index in [1.807, 2.05) is 0 Å². The van der Waals surface area contributed by atoms with Crippen molar-refractivity contribution in [2.45, 2.75) is 12.8 Å². The van der Waals surface area contributed by atoms with E-state index >= 15 is 0 Å². The fraction of sp³-hybridized carbons (Fsp3) is 0.385. The second-order valence-corrected chi connectivity index (χ2v) is 4.01. The summed E-state index contributed by atoms with van der Waals surface area (Å²) < 4.78 is 30.9. The van der Waals surface area contributed by atoms with E-state index in [1.54, 1.807) is 0 Å². The minimum absolute atomic E-state index is 0.0132. The molecular weight excluding hydrogens is 272 g/mol. The Balaban J connectivity index is 2.23. The molecule has 0 atom stereocenters. The minimum Gasteiger partial charge on any atom is -0.480 e. The molecule has 0 bridgehead atoms. The van der Waals surface area contributed by atoms with Crippen LogP contribution in [0, 0.1) is 11.6 Å². The van der Waals surface area contributed by atoms with E-state index in [0.29, 0.717) is 0 Å². The van der Waals surface area contributed by atoms with E-state index in [1.165, 1.54) is 12.1 Å². The molecule has 0 aromatic heterocycles. The van der Waals surface area contributed by atoms with E-state index in [4.69, 9.17) is 9.84 Å². The van der Waals surface area contributed by atoms with Gasteiger partial charge in [-0.1, -0.05) is 12.1 Å². The van der Waals surface area contributed by atoms with Crippen LogP contribution < -0.4 is 5.32 Å². The van der Waals surface area contributed by atoms with Crippen LogP contribution in [-0.4, -0.2) is 36.7 Å². The molecule has 0 spiro atoms. The zero-order valence-corrected chi connectivity index (χ0v) is 10.7. The summed E-state index contributed by atoms with van der Waals surface area (Å²) in [5.74, 6) is -3.31. The second kappa shape index (κ2) is 8.21. The lowest BCUT2D eigenvalue weighted by molar-refractivity contribution is -0.142. The number of hydrogen-bond donors (Lipinski definition) is 2. The molecule has 110 valence electrons. The Hall–Kier alpha value is -2.02. The molecule has 5 nitrogen and oxygen atoms in total. The van der Waals surface area contributed by atoms with Crippen LogP contribution in [0.4, 0.5) is 8.78 Å². The summed E-state index contributed by atoms with van der Waals surface area (Å²) in [4.78, 5) is 21.5. The number of carboxylic acids is 1. The number of aliphatic carboxylic acids is 1. The van der Waals surface area contributed by atoms with Gasteiger partial charge in [0, 0.05) is 13.0 Å². The molecule has 7 heteroatoms. The molecule has 0 radical (unpaired) electrons. The van der Waals surface area contributed by atoms with Crippen LogP contribution in [0.25, 0.3) is 0 Å². The minimum atomic E-state index is -1.09. The summed E-state index contributed by atoms with van der Waals surface area (Å²) in [6.07, 6.45) is 0.102. The molecule has 0 unspecified atom stereocenters. The summed E-state index contributed by atoms with van der Waals surface area (Å²) in [7, 11) is 0. The summed E-state index contributed by atoms with van der Waals surface area (Å²) in [6, 6.07) is 3.81. The summed E-state index contributed by atoms with van der Waals surface area (Å²) >= 11 is 0. The number of benzene rings is 1. The predicted octanol–water partition coefficient (Wildman–Crippen LogP) is 1.11. The lowest BCUT2D eigenvalue weighted by atomic mass is 10.1. The lowest BCUT2D eigenvalue weighted by Crippen LogP contribution is -2.28. The number of carboxylic acid groups (broad SMARTS) is 1. The van der Waals surface area contributed by atoms with Crippen LogP contribution in [0.5, 0.6) is 0 Å². The number of hydrogen-bond acceptors (Lipinski definition) is 3. The highest BCUT2D eigenvalue weighted by molar-refractivity contribution is 5.76. The highest BCUT2D eigenvalue weighted by Crippen LogP contribution is 2.12. The van der Waals surface area contributed by atoms with Gasteiger partial charge < -0.3 is 15.2 Å². The molecular formula is C13H15F2NO4. The maximum Gasteiger partial charge on any atom is 0.329 e. The average Bonchev–Trinajstić information content (AvgIpc) is 2.39. The number of aryl methyl sites for hydroxylation is 1. The third-order valence-electron chi connectivity index (χ3n) is 2.45. The number of rotatable bonds is 8. The van der Waals surface area contributed by atoms with E-state index in [0.717, 1.165) is 6.07 Å². The van der Waals surface area contributed by atoms with Gasteiger partial charge in [0.1, 0.15) is 6.61 Å². The molecule has 0 saturated heterocycles. The molecule has 0 fully saturated rings. The second-order valence-electron chi connectivity index (χ2n) is 4.01. The molecule has 0 aliphatic rings. The highest BCUT2D eigenvalue weighted by atomic mass is 19.2. The monoisotopic (exact) mass is 287 g/mol. The van der Waals surface area contributed by atoms with E-state index in [9.17, 15) is 18.4 Å². The first kappa shape index (κ1) is 16.0. The molecule has 1 aromatic rings. The van der Waals surface area contributed by atoms with Crippen LogP contribution in [-0.2, 0) is 20.7 Å². The van der Waals surface area contributed by atoms with Gasteiger partial charge in [-0.2, -0.15) is 0 Å². The Morgan fingerprint density at radius 3 is 2.75 bits per heavy atom. The largest absolute Gasteiger partial charge is 0.480 e. The average molecular weight is 287 g/mol. The molecule has 0 saturated carbocycles. The van der Waals surface area contributed by atoms with Crippen molar-refractivity contribution in [3.8, 4) is 0 Å². The summed E-state index contributed by atoms with van der Waals surface area (Å²) in [5, 5.41) is 10.8. The van der Waals surface area contributed by atoms with Gasteiger partial charge in [-0.25, -0.2) is 13.6 Å². The first-order valence-electron chi connectivity index (χ1n) is 6.00. The van der Waals surface area contributed by atoms with Gasteiger partial charge in [0.25, 0.3) is 0 Å². The van der Waals surface area contributed by atoms with Gasteiger partial charge in [-0.15, -0.1) is 0 Å². The third kappa shape index (κ3) is 5.75. The number of halogens is 2. The normalized spacial score (nSPS) is 10.3. The van der Waals surface area contributed by atoms with Gasteiger partial charge in [-0.3, -0.25) is 4.79 Å². The SMILES string of the molecule is O=C(O)COCCNC(=O)CCc1cccc(F)c1F.